The molecule has 0 unspecified atom stereocenters. The van der Waals surface area contributed by atoms with Crippen LogP contribution in [0, 0.1) is 0 Å². The maximum absolute atomic E-state index is 11.2. The Labute approximate surface area is 89.8 Å². The Kier molecular flexibility index (Phi) is 7.48. The zero-order valence-electron chi connectivity index (χ0n) is 8.32. The van der Waals surface area contributed by atoms with Gasteiger partial charge in [0.1, 0.15) is 0 Å². The normalized spacial score (nSPS) is 12.3. The minimum absolute atomic E-state index is 0.0245. The molecule has 0 aromatic heterocycles. The second-order valence-electron chi connectivity index (χ2n) is 2.61. The number of ether oxygens (including phenoxy) is 2. The Morgan fingerprint density at radius 2 is 1.93 bits per heavy atom. The Hall–Kier alpha value is 0.120. The summed E-state index contributed by atoms with van der Waals surface area (Å²) in [5, 5.41) is 0. The van der Waals surface area contributed by atoms with Crippen LogP contribution in [-0.2, 0) is 19.5 Å². The van der Waals surface area contributed by atoms with Crippen molar-refractivity contribution in [3.8, 4) is 0 Å². The molecule has 0 amide bonds. The van der Waals surface area contributed by atoms with E-state index < -0.39 is 16.3 Å². The highest BCUT2D eigenvalue weighted by molar-refractivity contribution is 7.89. The maximum Gasteiger partial charge on any atom is 0.211 e. The van der Waals surface area contributed by atoms with Gasteiger partial charge in [-0.1, -0.05) is 0 Å². The molecule has 0 radical (unpaired) electrons. The van der Waals surface area contributed by atoms with Crippen LogP contribution in [0.2, 0.25) is 0 Å². The largest absolute Gasteiger partial charge is 0.355 e. The third kappa shape index (κ3) is 6.56. The zero-order chi connectivity index (χ0) is 11.0. The van der Waals surface area contributed by atoms with E-state index >= 15 is 0 Å². The van der Waals surface area contributed by atoms with Crippen molar-refractivity contribution in [1.29, 1.82) is 0 Å². The number of methoxy groups -OCH3 is 2. The van der Waals surface area contributed by atoms with Crippen LogP contribution in [0.3, 0.4) is 0 Å². The van der Waals surface area contributed by atoms with Crippen LogP contribution in [-0.4, -0.2) is 47.1 Å². The minimum Gasteiger partial charge on any atom is -0.355 e. The van der Waals surface area contributed by atoms with Gasteiger partial charge in [0.2, 0.25) is 10.0 Å². The third-order valence-electron chi connectivity index (χ3n) is 1.54. The smallest absolute Gasteiger partial charge is 0.211 e. The monoisotopic (exact) mass is 245 g/mol. The van der Waals surface area contributed by atoms with Crippen molar-refractivity contribution in [2.45, 2.75) is 12.7 Å². The van der Waals surface area contributed by atoms with Crippen LogP contribution in [0.1, 0.15) is 6.42 Å². The lowest BCUT2D eigenvalue weighted by Crippen LogP contribution is -2.35. The van der Waals surface area contributed by atoms with Gasteiger partial charge in [0.15, 0.2) is 6.29 Å². The summed E-state index contributed by atoms with van der Waals surface area (Å²) in [6.45, 7) is 0.109. The number of halogens is 1. The maximum atomic E-state index is 11.2. The molecule has 0 saturated heterocycles. The standard InChI is InChI=1S/C7H16ClNO4S/c1-12-7(13-2)6-9-14(10,11)5-3-4-8/h7,9H,3-6H2,1-2H3. The molecule has 0 atom stereocenters. The zero-order valence-corrected chi connectivity index (χ0v) is 9.90. The highest BCUT2D eigenvalue weighted by Gasteiger charge is 2.12. The van der Waals surface area contributed by atoms with E-state index in [1.807, 2.05) is 0 Å². The fraction of sp³-hybridized carbons (Fsp3) is 1.00. The molecule has 0 spiro atoms. The van der Waals surface area contributed by atoms with E-state index in [-0.39, 0.29) is 12.3 Å². The minimum atomic E-state index is -3.25. The van der Waals surface area contributed by atoms with Crippen molar-refractivity contribution < 1.29 is 17.9 Å². The molecule has 0 rings (SSSR count). The van der Waals surface area contributed by atoms with Gasteiger partial charge in [-0.05, 0) is 6.42 Å². The van der Waals surface area contributed by atoms with Gasteiger partial charge in [0.25, 0.3) is 0 Å². The lowest BCUT2D eigenvalue weighted by Gasteiger charge is -2.13. The van der Waals surface area contributed by atoms with Gasteiger partial charge in [0, 0.05) is 20.1 Å². The summed E-state index contributed by atoms with van der Waals surface area (Å²) in [5.41, 5.74) is 0. The molecule has 5 nitrogen and oxygen atoms in total. The first-order valence-corrected chi connectivity index (χ1v) is 6.33. The first-order chi connectivity index (χ1) is 6.55. The van der Waals surface area contributed by atoms with Gasteiger partial charge in [-0.3, -0.25) is 0 Å². The van der Waals surface area contributed by atoms with Crippen LogP contribution in [0.25, 0.3) is 0 Å². The third-order valence-corrected chi connectivity index (χ3v) is 3.24. The Morgan fingerprint density at radius 1 is 1.36 bits per heavy atom. The Bertz CT molecular complexity index is 228. The van der Waals surface area contributed by atoms with Gasteiger partial charge in [-0.2, -0.15) is 0 Å². The Morgan fingerprint density at radius 3 is 2.36 bits per heavy atom. The molecule has 0 saturated carbocycles. The predicted molar refractivity (Wildman–Crippen MR) is 54.9 cm³/mol. The van der Waals surface area contributed by atoms with Crippen LogP contribution >= 0.6 is 11.6 Å². The Balaban J connectivity index is 3.86. The summed E-state index contributed by atoms with van der Waals surface area (Å²) in [6.07, 6.45) is -0.123. The van der Waals surface area contributed by atoms with Crippen molar-refractivity contribution in [3.63, 3.8) is 0 Å². The summed E-state index contributed by atoms with van der Waals surface area (Å²) in [6, 6.07) is 0. The van der Waals surface area contributed by atoms with Gasteiger partial charge in [-0.15, -0.1) is 11.6 Å². The number of alkyl halides is 1. The second kappa shape index (κ2) is 7.42. The molecule has 0 aliphatic heterocycles. The summed E-state index contributed by atoms with van der Waals surface area (Å²) in [4.78, 5) is 0. The van der Waals surface area contributed by atoms with E-state index in [0.29, 0.717) is 12.3 Å². The van der Waals surface area contributed by atoms with E-state index in [4.69, 9.17) is 21.1 Å². The molecule has 0 heterocycles. The molecule has 0 aromatic rings. The van der Waals surface area contributed by atoms with Crippen LogP contribution in [0.5, 0.6) is 0 Å². The number of nitrogens with one attached hydrogen (secondary N) is 1. The molecule has 0 bridgehead atoms. The van der Waals surface area contributed by atoms with E-state index in [2.05, 4.69) is 4.72 Å². The number of hydrogen-bond acceptors (Lipinski definition) is 4. The molecule has 86 valence electrons. The second-order valence-corrected chi connectivity index (χ2v) is 4.92. The van der Waals surface area contributed by atoms with Gasteiger partial charge < -0.3 is 9.47 Å². The van der Waals surface area contributed by atoms with Crippen molar-refractivity contribution in [1.82, 2.24) is 4.72 Å². The lowest BCUT2D eigenvalue weighted by atomic mass is 10.6. The highest BCUT2D eigenvalue weighted by Crippen LogP contribution is 1.94. The molecule has 0 aliphatic rings. The summed E-state index contributed by atoms with van der Waals surface area (Å²) in [7, 11) is -0.362. The molecule has 1 N–H and O–H groups in total. The van der Waals surface area contributed by atoms with E-state index in [1.54, 1.807) is 0 Å². The molecule has 0 aliphatic carbocycles. The number of rotatable bonds is 8. The average Bonchev–Trinajstić information content (AvgIpc) is 2.16. The number of hydrogen-bond donors (Lipinski definition) is 1. The summed E-state index contributed by atoms with van der Waals surface area (Å²) in [5.74, 6) is 0.357. The van der Waals surface area contributed by atoms with Crippen molar-refractivity contribution in [2.75, 3.05) is 32.4 Å². The van der Waals surface area contributed by atoms with Gasteiger partial charge in [0.05, 0.1) is 12.3 Å². The van der Waals surface area contributed by atoms with Gasteiger partial charge in [-0.25, -0.2) is 13.1 Å². The van der Waals surface area contributed by atoms with Gasteiger partial charge >= 0.3 is 0 Å². The molecule has 14 heavy (non-hydrogen) atoms. The average molecular weight is 246 g/mol. The predicted octanol–water partition coefficient (Wildman–Crippen LogP) is 0.154. The molecule has 7 heteroatoms. The van der Waals surface area contributed by atoms with E-state index in [0.717, 1.165) is 0 Å². The van der Waals surface area contributed by atoms with Crippen LogP contribution in [0.15, 0.2) is 0 Å². The van der Waals surface area contributed by atoms with Crippen molar-refractivity contribution in [2.24, 2.45) is 0 Å². The van der Waals surface area contributed by atoms with E-state index in [1.165, 1.54) is 14.2 Å². The van der Waals surface area contributed by atoms with Crippen LogP contribution in [0.4, 0.5) is 0 Å². The first kappa shape index (κ1) is 14.1. The topological polar surface area (TPSA) is 64.6 Å². The van der Waals surface area contributed by atoms with Crippen molar-refractivity contribution >= 4 is 21.6 Å². The molecule has 0 fully saturated rings. The summed E-state index contributed by atoms with van der Waals surface area (Å²) < 4.78 is 34.5. The fourth-order valence-corrected chi connectivity index (χ4v) is 2.13. The quantitative estimate of drug-likeness (QED) is 0.489. The van der Waals surface area contributed by atoms with E-state index in [9.17, 15) is 8.42 Å². The molecule has 0 aromatic carbocycles. The number of sulfonamides is 1. The SMILES string of the molecule is COC(CNS(=O)(=O)CCCCl)OC. The lowest BCUT2D eigenvalue weighted by molar-refractivity contribution is -0.0960. The van der Waals surface area contributed by atoms with Crippen LogP contribution < -0.4 is 4.72 Å². The molecular formula is C7H16ClNO4S. The molecular weight excluding hydrogens is 230 g/mol. The fourth-order valence-electron chi connectivity index (χ4n) is 0.775. The highest BCUT2D eigenvalue weighted by atomic mass is 35.5. The first-order valence-electron chi connectivity index (χ1n) is 4.14. The summed E-state index contributed by atoms with van der Waals surface area (Å²) >= 11 is 5.38. The van der Waals surface area contributed by atoms with Crippen molar-refractivity contribution in [3.05, 3.63) is 0 Å².